The number of hydrogen-bond donors (Lipinski definition) is 1. The van der Waals surface area contributed by atoms with E-state index >= 15 is 0 Å². The summed E-state index contributed by atoms with van der Waals surface area (Å²) in [5.41, 5.74) is 1.87. The summed E-state index contributed by atoms with van der Waals surface area (Å²) in [4.78, 5) is 20.4. The van der Waals surface area contributed by atoms with Gasteiger partial charge in [0.2, 0.25) is 0 Å². The fourth-order valence-electron chi connectivity index (χ4n) is 2.49. The largest absolute Gasteiger partial charge is 0.464 e. The van der Waals surface area contributed by atoms with E-state index in [4.69, 9.17) is 4.74 Å². The van der Waals surface area contributed by atoms with Crippen LogP contribution in [0.2, 0.25) is 0 Å². The number of nitrogens with one attached hydrogen (secondary N) is 1. The van der Waals surface area contributed by atoms with Crippen molar-refractivity contribution in [2.45, 2.75) is 13.0 Å². The highest BCUT2D eigenvalue weighted by atomic mass is 79.9. The molecule has 3 aromatic rings. The van der Waals surface area contributed by atoms with Gasteiger partial charge in [0.05, 0.1) is 29.1 Å². The quantitative estimate of drug-likeness (QED) is 0.517. The molecule has 7 heteroatoms. The molecular formula is C17H17BrN4O2. The van der Waals surface area contributed by atoms with E-state index in [2.05, 4.69) is 31.2 Å². The number of benzene rings is 1. The standard InChI is InChI=1S/C17H17BrN4O2/c1-24-17(23)16-14(18)15(12-5-2-3-6-13(12)21-16)20-7-4-9-22-10-8-19-11-22/h2-3,5-6,8,10-11H,4,7,9H2,1H3,(H,20,21). The molecule has 2 heterocycles. The van der Waals surface area contributed by atoms with E-state index in [-0.39, 0.29) is 5.69 Å². The van der Waals surface area contributed by atoms with Crippen molar-refractivity contribution >= 4 is 38.5 Å². The van der Waals surface area contributed by atoms with E-state index in [0.717, 1.165) is 36.1 Å². The molecule has 0 saturated heterocycles. The monoisotopic (exact) mass is 388 g/mol. The molecule has 1 aromatic carbocycles. The molecule has 1 N–H and O–H groups in total. The van der Waals surface area contributed by atoms with E-state index in [1.165, 1.54) is 7.11 Å². The first-order chi connectivity index (χ1) is 11.7. The normalized spacial score (nSPS) is 10.8. The van der Waals surface area contributed by atoms with E-state index in [1.807, 2.05) is 35.0 Å². The lowest BCUT2D eigenvalue weighted by Gasteiger charge is -2.14. The van der Waals surface area contributed by atoms with Crippen LogP contribution in [0.3, 0.4) is 0 Å². The maximum Gasteiger partial charge on any atom is 0.357 e. The van der Waals surface area contributed by atoms with Gasteiger partial charge in [0.15, 0.2) is 5.69 Å². The van der Waals surface area contributed by atoms with E-state index in [0.29, 0.717) is 4.47 Å². The van der Waals surface area contributed by atoms with Crippen LogP contribution in [0.15, 0.2) is 47.5 Å². The Kier molecular flexibility index (Phi) is 5.10. The van der Waals surface area contributed by atoms with Crippen molar-refractivity contribution in [3.05, 3.63) is 53.2 Å². The number of aromatic nitrogens is 3. The van der Waals surface area contributed by atoms with Crippen molar-refractivity contribution in [1.29, 1.82) is 0 Å². The molecule has 0 radical (unpaired) electrons. The Morgan fingerprint density at radius 1 is 1.38 bits per heavy atom. The zero-order valence-electron chi connectivity index (χ0n) is 13.2. The molecule has 124 valence electrons. The van der Waals surface area contributed by atoms with Gasteiger partial charge in [0.25, 0.3) is 0 Å². The lowest BCUT2D eigenvalue weighted by atomic mass is 10.1. The van der Waals surface area contributed by atoms with Gasteiger partial charge in [-0.3, -0.25) is 0 Å². The fourth-order valence-corrected chi connectivity index (χ4v) is 3.09. The number of carbonyl (C=O) groups is 1. The minimum atomic E-state index is -0.464. The molecular weight excluding hydrogens is 372 g/mol. The SMILES string of the molecule is COC(=O)c1nc2ccccc2c(NCCCn2ccnc2)c1Br. The van der Waals surface area contributed by atoms with Gasteiger partial charge in [0, 0.05) is 30.9 Å². The molecule has 0 saturated carbocycles. The zero-order chi connectivity index (χ0) is 16.9. The van der Waals surface area contributed by atoms with Gasteiger partial charge in [-0.1, -0.05) is 18.2 Å². The lowest BCUT2D eigenvalue weighted by Crippen LogP contribution is -2.11. The number of aryl methyl sites for hydroxylation is 1. The molecule has 2 aromatic heterocycles. The number of pyridine rings is 1. The number of imidazole rings is 1. The molecule has 0 aliphatic heterocycles. The highest BCUT2D eigenvalue weighted by Gasteiger charge is 2.18. The topological polar surface area (TPSA) is 69.0 Å². The molecule has 6 nitrogen and oxygen atoms in total. The Bertz CT molecular complexity index is 849. The van der Waals surface area contributed by atoms with Gasteiger partial charge < -0.3 is 14.6 Å². The average molecular weight is 389 g/mol. The van der Waals surface area contributed by atoms with Gasteiger partial charge in [0.1, 0.15) is 0 Å². The molecule has 0 spiro atoms. The maximum absolute atomic E-state index is 12.0. The number of fused-ring (bicyclic) bond motifs is 1. The van der Waals surface area contributed by atoms with Crippen LogP contribution in [-0.2, 0) is 11.3 Å². The van der Waals surface area contributed by atoms with Crippen molar-refractivity contribution < 1.29 is 9.53 Å². The molecule has 0 aliphatic rings. The van der Waals surface area contributed by atoms with Crippen LogP contribution in [0.5, 0.6) is 0 Å². The summed E-state index contributed by atoms with van der Waals surface area (Å²) in [5, 5.41) is 4.37. The third-order valence-electron chi connectivity index (χ3n) is 3.67. The number of esters is 1. The Morgan fingerprint density at radius 3 is 2.96 bits per heavy atom. The van der Waals surface area contributed by atoms with Crippen LogP contribution in [0.1, 0.15) is 16.9 Å². The first kappa shape index (κ1) is 16.4. The minimum Gasteiger partial charge on any atom is -0.464 e. The predicted molar refractivity (Wildman–Crippen MR) is 96.1 cm³/mol. The fraction of sp³-hybridized carbons (Fsp3) is 0.235. The van der Waals surface area contributed by atoms with Crippen LogP contribution in [0, 0.1) is 0 Å². The first-order valence-electron chi connectivity index (χ1n) is 7.57. The number of nitrogens with zero attached hydrogens (tertiary/aromatic N) is 3. The summed E-state index contributed by atoms with van der Waals surface area (Å²) < 4.78 is 7.48. The first-order valence-corrected chi connectivity index (χ1v) is 8.36. The second-order valence-corrected chi connectivity index (χ2v) is 6.03. The molecule has 0 atom stereocenters. The number of ether oxygens (including phenoxy) is 1. The predicted octanol–water partition coefficient (Wildman–Crippen LogP) is 3.48. The van der Waals surface area contributed by atoms with Crippen molar-refractivity contribution in [1.82, 2.24) is 14.5 Å². The summed E-state index contributed by atoms with van der Waals surface area (Å²) in [6.07, 6.45) is 6.43. The number of para-hydroxylation sites is 1. The molecule has 0 unspecified atom stereocenters. The van der Waals surface area contributed by atoms with Crippen molar-refractivity contribution in [2.75, 3.05) is 19.0 Å². The smallest absolute Gasteiger partial charge is 0.357 e. The highest BCUT2D eigenvalue weighted by molar-refractivity contribution is 9.10. The van der Waals surface area contributed by atoms with Crippen LogP contribution in [0.4, 0.5) is 5.69 Å². The third-order valence-corrected chi connectivity index (χ3v) is 4.44. The highest BCUT2D eigenvalue weighted by Crippen LogP contribution is 2.33. The number of hydrogen-bond acceptors (Lipinski definition) is 5. The van der Waals surface area contributed by atoms with Crippen LogP contribution in [0.25, 0.3) is 10.9 Å². The number of carbonyl (C=O) groups excluding carboxylic acids is 1. The molecule has 24 heavy (non-hydrogen) atoms. The maximum atomic E-state index is 12.0. The Labute approximate surface area is 148 Å². The second kappa shape index (κ2) is 7.44. The number of rotatable bonds is 6. The summed E-state index contributed by atoms with van der Waals surface area (Å²) >= 11 is 3.49. The van der Waals surface area contributed by atoms with E-state index < -0.39 is 5.97 Å². The summed E-state index contributed by atoms with van der Waals surface area (Å²) in [6.45, 7) is 1.63. The number of methoxy groups -OCH3 is 1. The Morgan fingerprint density at radius 2 is 2.21 bits per heavy atom. The zero-order valence-corrected chi connectivity index (χ0v) is 14.8. The van der Waals surface area contributed by atoms with Crippen LogP contribution >= 0.6 is 15.9 Å². The van der Waals surface area contributed by atoms with Crippen LogP contribution < -0.4 is 5.32 Å². The molecule has 3 rings (SSSR count). The van der Waals surface area contributed by atoms with E-state index in [1.54, 1.807) is 12.5 Å². The molecule has 0 bridgehead atoms. The van der Waals surface area contributed by atoms with Gasteiger partial charge in [-0.05, 0) is 28.4 Å². The molecule has 0 fully saturated rings. The summed E-state index contributed by atoms with van der Waals surface area (Å²) in [5.74, 6) is -0.464. The van der Waals surface area contributed by atoms with Gasteiger partial charge in [-0.25, -0.2) is 14.8 Å². The van der Waals surface area contributed by atoms with Crippen LogP contribution in [-0.4, -0.2) is 34.2 Å². The average Bonchev–Trinajstić information content (AvgIpc) is 3.12. The Balaban J connectivity index is 1.84. The van der Waals surface area contributed by atoms with Crippen molar-refractivity contribution in [3.8, 4) is 0 Å². The summed E-state index contributed by atoms with van der Waals surface area (Å²) in [7, 11) is 1.35. The molecule has 0 aliphatic carbocycles. The Hall–Kier alpha value is -2.41. The van der Waals surface area contributed by atoms with Gasteiger partial charge in [-0.2, -0.15) is 0 Å². The molecule has 0 amide bonds. The van der Waals surface area contributed by atoms with Crippen molar-refractivity contribution in [2.24, 2.45) is 0 Å². The van der Waals surface area contributed by atoms with Crippen molar-refractivity contribution in [3.63, 3.8) is 0 Å². The lowest BCUT2D eigenvalue weighted by molar-refractivity contribution is 0.0593. The summed E-state index contributed by atoms with van der Waals surface area (Å²) in [6, 6.07) is 7.70. The minimum absolute atomic E-state index is 0.272. The van der Waals surface area contributed by atoms with Gasteiger partial charge in [-0.15, -0.1) is 0 Å². The number of anilines is 1. The van der Waals surface area contributed by atoms with E-state index in [9.17, 15) is 4.79 Å². The second-order valence-electron chi connectivity index (χ2n) is 5.24. The number of halogens is 1. The van der Waals surface area contributed by atoms with Gasteiger partial charge >= 0.3 is 5.97 Å². The third kappa shape index (κ3) is 3.41.